The van der Waals surface area contributed by atoms with Gasteiger partial charge in [0.15, 0.2) is 5.13 Å². The number of anilines is 1. The van der Waals surface area contributed by atoms with Crippen LogP contribution in [-0.2, 0) is 6.42 Å². The topological polar surface area (TPSA) is 24.9 Å². The van der Waals surface area contributed by atoms with Crippen molar-refractivity contribution in [2.75, 3.05) is 3.53 Å². The first-order valence-electron chi connectivity index (χ1n) is 5.88. The first kappa shape index (κ1) is 11.9. The third-order valence-electron chi connectivity index (χ3n) is 3.30. The van der Waals surface area contributed by atoms with Crippen LogP contribution in [0.2, 0.25) is 0 Å². The highest BCUT2D eigenvalue weighted by Gasteiger charge is 2.23. The van der Waals surface area contributed by atoms with Crippen LogP contribution in [0, 0.1) is 0 Å². The lowest BCUT2D eigenvalue weighted by molar-refractivity contribution is 1.31. The molecule has 4 rings (SSSR count). The molecule has 5 heteroatoms. The van der Waals surface area contributed by atoms with Crippen molar-refractivity contribution in [3.63, 3.8) is 0 Å². The minimum absolute atomic E-state index is 0.999. The minimum atomic E-state index is 0.999. The van der Waals surface area contributed by atoms with Crippen LogP contribution in [0.15, 0.2) is 35.7 Å². The number of hydrogen-bond donors (Lipinski definition) is 1. The maximum atomic E-state index is 4.65. The van der Waals surface area contributed by atoms with E-state index in [1.807, 2.05) is 0 Å². The van der Waals surface area contributed by atoms with E-state index in [1.54, 1.807) is 22.7 Å². The Morgan fingerprint density at radius 3 is 3.00 bits per heavy atom. The van der Waals surface area contributed by atoms with Crippen molar-refractivity contribution in [3.8, 4) is 21.7 Å². The Balaban J connectivity index is 1.80. The maximum Gasteiger partial charge on any atom is 0.192 e. The van der Waals surface area contributed by atoms with E-state index in [1.165, 1.54) is 26.4 Å². The lowest BCUT2D eigenvalue weighted by atomic mass is 10.0. The van der Waals surface area contributed by atoms with Crippen LogP contribution >= 0.6 is 45.5 Å². The number of thiazole rings is 1. The maximum absolute atomic E-state index is 4.65. The molecule has 3 aromatic rings. The number of benzene rings is 1. The predicted molar refractivity (Wildman–Crippen MR) is 91.3 cm³/mol. The monoisotopic (exact) mass is 396 g/mol. The number of aromatic nitrogens is 1. The molecule has 0 unspecified atom stereocenters. The molecule has 0 fully saturated rings. The second-order valence-corrected chi connectivity index (χ2v) is 6.98. The van der Waals surface area contributed by atoms with E-state index < -0.39 is 0 Å². The second kappa shape index (κ2) is 4.57. The van der Waals surface area contributed by atoms with E-state index in [2.05, 4.69) is 67.1 Å². The highest BCUT2D eigenvalue weighted by molar-refractivity contribution is 14.1. The van der Waals surface area contributed by atoms with Gasteiger partial charge < -0.3 is 3.53 Å². The largest absolute Gasteiger partial charge is 0.304 e. The molecular formula is C14H9IN2S2. The Morgan fingerprint density at radius 1 is 1.26 bits per heavy atom. The molecule has 0 spiro atoms. The molecule has 0 bridgehead atoms. The summed E-state index contributed by atoms with van der Waals surface area (Å²) in [7, 11) is 0. The molecule has 0 atom stereocenters. The zero-order valence-electron chi connectivity index (χ0n) is 9.81. The highest BCUT2D eigenvalue weighted by atomic mass is 127. The van der Waals surface area contributed by atoms with Crippen LogP contribution in [-0.4, -0.2) is 4.98 Å². The lowest BCUT2D eigenvalue weighted by Crippen LogP contribution is -1.84. The average molecular weight is 396 g/mol. The molecule has 0 radical (unpaired) electrons. The van der Waals surface area contributed by atoms with Gasteiger partial charge in [0.05, 0.1) is 28.6 Å². The van der Waals surface area contributed by atoms with Crippen LogP contribution in [0.1, 0.15) is 10.4 Å². The summed E-state index contributed by atoms with van der Waals surface area (Å²) in [6.07, 6.45) is 1.01. The summed E-state index contributed by atoms with van der Waals surface area (Å²) in [4.78, 5) is 7.35. The first-order chi connectivity index (χ1) is 9.35. The predicted octanol–water partition coefficient (Wildman–Crippen LogP) is 5.20. The van der Waals surface area contributed by atoms with Gasteiger partial charge in [-0.1, -0.05) is 18.2 Å². The fourth-order valence-corrected chi connectivity index (χ4v) is 4.53. The Hall–Kier alpha value is -0.920. The van der Waals surface area contributed by atoms with E-state index in [-0.39, 0.29) is 0 Å². The standard InChI is InChI=1S/C14H9IN2S2/c15-17-14-16-13-10-4-3-8(11-2-1-5-18-11)6-9(10)7-12(13)19-14/h1-6H,7H2,(H,16,17). The molecule has 2 nitrogen and oxygen atoms in total. The smallest absolute Gasteiger partial charge is 0.192 e. The summed E-state index contributed by atoms with van der Waals surface area (Å²) in [6.45, 7) is 0. The molecule has 1 aliphatic carbocycles. The molecule has 0 saturated carbocycles. The molecule has 1 aromatic carbocycles. The molecular weight excluding hydrogens is 387 g/mol. The number of hydrogen-bond acceptors (Lipinski definition) is 4. The lowest BCUT2D eigenvalue weighted by Gasteiger charge is -2.03. The van der Waals surface area contributed by atoms with E-state index in [0.717, 1.165) is 17.2 Å². The Morgan fingerprint density at radius 2 is 2.21 bits per heavy atom. The summed E-state index contributed by atoms with van der Waals surface area (Å²) >= 11 is 5.68. The molecule has 0 amide bonds. The van der Waals surface area contributed by atoms with Crippen LogP contribution in [0.4, 0.5) is 5.13 Å². The van der Waals surface area contributed by atoms with Gasteiger partial charge in [-0.2, -0.15) is 0 Å². The summed E-state index contributed by atoms with van der Waals surface area (Å²) in [5.41, 5.74) is 5.18. The third kappa shape index (κ3) is 1.91. The fraction of sp³-hybridized carbons (Fsp3) is 0.0714. The van der Waals surface area contributed by atoms with Crippen LogP contribution in [0.3, 0.4) is 0 Å². The number of thiophene rings is 1. The molecule has 1 N–H and O–H groups in total. The van der Waals surface area contributed by atoms with Gasteiger partial charge in [0.2, 0.25) is 0 Å². The molecule has 2 heterocycles. The van der Waals surface area contributed by atoms with Gasteiger partial charge in [-0.15, -0.1) is 22.7 Å². The average Bonchev–Trinajstić information content (AvgIpc) is 3.13. The summed E-state index contributed by atoms with van der Waals surface area (Å²) in [5, 5.41) is 3.12. The van der Waals surface area contributed by atoms with E-state index in [9.17, 15) is 0 Å². The van der Waals surface area contributed by atoms with Crippen molar-refractivity contribution in [2.45, 2.75) is 6.42 Å². The van der Waals surface area contributed by atoms with Crippen molar-refractivity contribution in [2.24, 2.45) is 0 Å². The number of halogens is 1. The minimum Gasteiger partial charge on any atom is -0.304 e. The summed E-state index contributed by atoms with van der Waals surface area (Å²) in [5.74, 6) is 0. The Bertz CT molecular complexity index is 747. The quantitative estimate of drug-likeness (QED) is 0.372. The van der Waals surface area contributed by atoms with E-state index >= 15 is 0 Å². The summed E-state index contributed by atoms with van der Waals surface area (Å²) in [6, 6.07) is 11.0. The number of nitrogens with zero attached hydrogens (tertiary/aromatic N) is 1. The molecule has 2 aromatic heterocycles. The van der Waals surface area contributed by atoms with Crippen molar-refractivity contribution in [3.05, 3.63) is 46.2 Å². The number of fused-ring (bicyclic) bond motifs is 3. The third-order valence-corrected chi connectivity index (χ3v) is 6.06. The van der Waals surface area contributed by atoms with E-state index in [4.69, 9.17) is 0 Å². The Labute approximate surface area is 133 Å². The van der Waals surface area contributed by atoms with Gasteiger partial charge in [-0.25, -0.2) is 4.98 Å². The molecule has 0 aliphatic heterocycles. The van der Waals surface area contributed by atoms with E-state index in [0.29, 0.717) is 0 Å². The van der Waals surface area contributed by atoms with Gasteiger partial charge in [-0.3, -0.25) is 0 Å². The van der Waals surface area contributed by atoms with Crippen molar-refractivity contribution in [1.29, 1.82) is 0 Å². The zero-order chi connectivity index (χ0) is 12.8. The normalized spacial score (nSPS) is 12.3. The Kier molecular flexibility index (Phi) is 2.86. The van der Waals surface area contributed by atoms with Gasteiger partial charge >= 0.3 is 0 Å². The summed E-state index contributed by atoms with van der Waals surface area (Å²) < 4.78 is 3.10. The van der Waals surface area contributed by atoms with Crippen LogP contribution in [0.5, 0.6) is 0 Å². The van der Waals surface area contributed by atoms with Crippen molar-refractivity contribution < 1.29 is 0 Å². The first-order valence-corrected chi connectivity index (χ1v) is 8.66. The molecule has 1 aliphatic rings. The number of nitrogens with one attached hydrogen (secondary N) is 1. The van der Waals surface area contributed by atoms with Gasteiger partial charge in [0, 0.05) is 21.7 Å². The zero-order valence-corrected chi connectivity index (χ0v) is 13.6. The van der Waals surface area contributed by atoms with Crippen LogP contribution in [0.25, 0.3) is 21.7 Å². The van der Waals surface area contributed by atoms with Crippen molar-refractivity contribution >= 4 is 50.7 Å². The molecule has 0 saturated heterocycles. The highest BCUT2D eigenvalue weighted by Crippen LogP contribution is 2.42. The van der Waals surface area contributed by atoms with Crippen LogP contribution < -0.4 is 3.53 Å². The molecule has 94 valence electrons. The second-order valence-electron chi connectivity index (χ2n) is 4.41. The van der Waals surface area contributed by atoms with Gasteiger partial charge in [0.25, 0.3) is 0 Å². The van der Waals surface area contributed by atoms with Gasteiger partial charge in [-0.05, 0) is 28.6 Å². The SMILES string of the molecule is INc1nc2c(s1)Cc1cc(-c3cccs3)ccc1-2. The van der Waals surface area contributed by atoms with Crippen molar-refractivity contribution in [1.82, 2.24) is 4.98 Å². The number of rotatable bonds is 2. The van der Waals surface area contributed by atoms with Gasteiger partial charge in [0.1, 0.15) is 0 Å². The fourth-order valence-electron chi connectivity index (χ4n) is 2.46. The molecule has 19 heavy (non-hydrogen) atoms.